The maximum absolute atomic E-state index is 12.0. The van der Waals surface area contributed by atoms with Gasteiger partial charge in [-0.15, -0.1) is 0 Å². The molecule has 0 aliphatic carbocycles. The van der Waals surface area contributed by atoms with Crippen LogP contribution in [0.4, 0.5) is 4.79 Å². The highest BCUT2D eigenvalue weighted by atomic mass is 35.5. The first-order valence-electron chi connectivity index (χ1n) is 7.93. The van der Waals surface area contributed by atoms with Crippen molar-refractivity contribution in [2.75, 3.05) is 19.8 Å². The minimum atomic E-state index is -1.02. The predicted octanol–water partition coefficient (Wildman–Crippen LogP) is 1.10. The molecule has 2 aliphatic rings. The van der Waals surface area contributed by atoms with E-state index < -0.39 is 11.6 Å². The van der Waals surface area contributed by atoms with Gasteiger partial charge in [0.1, 0.15) is 24.5 Å². The summed E-state index contributed by atoms with van der Waals surface area (Å²) in [7, 11) is 0. The second-order valence-electron chi connectivity index (χ2n) is 6.28. The summed E-state index contributed by atoms with van der Waals surface area (Å²) in [6.07, 6.45) is 0. The zero-order valence-electron chi connectivity index (χ0n) is 14.2. The molecule has 1 atom stereocenters. The monoisotopic (exact) mass is 375 g/mol. The lowest BCUT2D eigenvalue weighted by molar-refractivity contribution is -0.123. The van der Waals surface area contributed by atoms with Crippen molar-refractivity contribution in [3.63, 3.8) is 0 Å². The zero-order chi connectivity index (χ0) is 18.9. The lowest BCUT2D eigenvalue weighted by atomic mass is 10.0. The maximum Gasteiger partial charge on any atom is 0.322 e. The van der Waals surface area contributed by atoms with Gasteiger partial charge in [0.25, 0.3) is 5.91 Å². The summed E-state index contributed by atoms with van der Waals surface area (Å²) in [6.45, 7) is 6.45. The third-order valence-electron chi connectivity index (χ3n) is 4.34. The van der Waals surface area contributed by atoms with Crippen molar-refractivity contribution >= 4 is 29.2 Å². The Morgan fingerprint density at radius 3 is 2.85 bits per heavy atom. The minimum Gasteiger partial charge on any atom is -0.479 e. The van der Waals surface area contributed by atoms with Crippen molar-refractivity contribution in [2.24, 2.45) is 0 Å². The highest BCUT2D eigenvalue weighted by Crippen LogP contribution is 2.38. The molecule has 2 aliphatic heterocycles. The van der Waals surface area contributed by atoms with E-state index in [4.69, 9.17) is 21.4 Å². The Kier molecular flexibility index (Phi) is 4.81. The molecule has 0 aromatic heterocycles. The van der Waals surface area contributed by atoms with E-state index in [1.54, 1.807) is 13.0 Å². The van der Waals surface area contributed by atoms with Gasteiger partial charge in [-0.2, -0.15) is 0 Å². The summed E-state index contributed by atoms with van der Waals surface area (Å²) in [4.78, 5) is 25.4. The van der Waals surface area contributed by atoms with E-state index in [-0.39, 0.29) is 25.7 Å². The van der Waals surface area contributed by atoms with Gasteiger partial charge < -0.3 is 20.1 Å². The summed E-state index contributed by atoms with van der Waals surface area (Å²) in [5.74, 6) is 5.29. The molecule has 8 heteroatoms. The molecule has 3 N–H and O–H groups in total. The van der Waals surface area contributed by atoms with Crippen LogP contribution in [0, 0.1) is 11.8 Å². The number of aliphatic hydroxyl groups excluding tert-OH is 1. The number of hydrogen-bond acceptors (Lipinski definition) is 5. The molecule has 3 rings (SSSR count). The summed E-state index contributed by atoms with van der Waals surface area (Å²) in [5, 5.41) is 14.0. The Labute approximate surface area is 156 Å². The zero-order valence-corrected chi connectivity index (χ0v) is 14.9. The van der Waals surface area contributed by atoms with E-state index in [1.807, 2.05) is 11.0 Å². The molecule has 1 aromatic carbocycles. The number of imide groups is 1. The summed E-state index contributed by atoms with van der Waals surface area (Å²) in [5.41, 5.74) is 1.53. The molecule has 1 unspecified atom stereocenters. The number of fused-ring (bicyclic) bond motifs is 1. The van der Waals surface area contributed by atoms with Crippen molar-refractivity contribution in [2.45, 2.75) is 19.0 Å². The molecular weight excluding hydrogens is 358 g/mol. The van der Waals surface area contributed by atoms with E-state index in [0.29, 0.717) is 17.3 Å². The fourth-order valence-electron chi connectivity index (χ4n) is 3.02. The Bertz CT molecular complexity index is 858. The first-order valence-corrected chi connectivity index (χ1v) is 8.31. The lowest BCUT2D eigenvalue weighted by Gasteiger charge is -2.29. The van der Waals surface area contributed by atoms with E-state index in [9.17, 15) is 9.59 Å². The number of amides is 3. The molecule has 0 spiro atoms. The molecule has 1 fully saturated rings. The number of urea groups is 1. The molecule has 7 nitrogen and oxygen atoms in total. The van der Waals surface area contributed by atoms with Crippen LogP contribution in [0.5, 0.6) is 5.75 Å². The second-order valence-corrected chi connectivity index (χ2v) is 6.69. The number of carbonyl (C=O) groups is 2. The van der Waals surface area contributed by atoms with Gasteiger partial charge in [-0.25, -0.2) is 4.79 Å². The maximum atomic E-state index is 12.0. The Morgan fingerprint density at radius 2 is 2.19 bits per heavy atom. The fourth-order valence-corrected chi connectivity index (χ4v) is 3.24. The molecule has 1 saturated heterocycles. The van der Waals surface area contributed by atoms with Gasteiger partial charge in [0.2, 0.25) is 0 Å². The van der Waals surface area contributed by atoms with Crippen LogP contribution in [0.15, 0.2) is 18.7 Å². The molecule has 136 valence electrons. The predicted molar refractivity (Wildman–Crippen MR) is 96.3 cm³/mol. The van der Waals surface area contributed by atoms with E-state index in [2.05, 4.69) is 29.1 Å². The third kappa shape index (κ3) is 3.34. The Balaban J connectivity index is 1.76. The van der Waals surface area contributed by atoms with Crippen LogP contribution in [-0.4, -0.2) is 47.2 Å². The van der Waals surface area contributed by atoms with Crippen LogP contribution in [0.25, 0.3) is 5.70 Å². The van der Waals surface area contributed by atoms with Gasteiger partial charge in [0.05, 0.1) is 11.6 Å². The first kappa shape index (κ1) is 18.1. The van der Waals surface area contributed by atoms with Crippen LogP contribution in [0.3, 0.4) is 0 Å². The van der Waals surface area contributed by atoms with Crippen molar-refractivity contribution in [3.05, 3.63) is 34.9 Å². The third-order valence-corrected chi connectivity index (χ3v) is 4.64. The Morgan fingerprint density at radius 1 is 1.42 bits per heavy atom. The van der Waals surface area contributed by atoms with Crippen LogP contribution >= 0.6 is 11.6 Å². The largest absolute Gasteiger partial charge is 0.479 e. The molecule has 1 aromatic rings. The fraction of sp³-hybridized carbons (Fsp3) is 0.333. The van der Waals surface area contributed by atoms with Gasteiger partial charge in [-0.3, -0.25) is 10.1 Å². The standard InChI is InChI=1S/C18H18ClN3O4/c1-11-13-8-14(19)15(26-6-4-3-5-23)7-12(13)9-22(11)10-18(2)16(24)20-17(25)21-18/h7-8,23H,1,5-6,9-10H2,2H3,(H2,20,21,24,25). The Hall–Kier alpha value is -2.69. The molecule has 0 saturated carbocycles. The molecular formula is C18H18ClN3O4. The number of hydrogen-bond donors (Lipinski definition) is 3. The van der Waals surface area contributed by atoms with Crippen molar-refractivity contribution in [1.29, 1.82) is 0 Å². The van der Waals surface area contributed by atoms with Crippen molar-refractivity contribution in [1.82, 2.24) is 15.5 Å². The van der Waals surface area contributed by atoms with Crippen LogP contribution in [0.2, 0.25) is 5.02 Å². The summed E-state index contributed by atoms with van der Waals surface area (Å²) in [6, 6.07) is 3.09. The van der Waals surface area contributed by atoms with Crippen molar-refractivity contribution < 1.29 is 19.4 Å². The molecule has 3 amide bonds. The van der Waals surface area contributed by atoms with E-state index in [1.165, 1.54) is 0 Å². The average molecular weight is 376 g/mol. The van der Waals surface area contributed by atoms with Gasteiger partial charge in [-0.1, -0.05) is 30.0 Å². The molecule has 0 radical (unpaired) electrons. The minimum absolute atomic E-state index is 0.119. The number of nitrogens with zero attached hydrogens (tertiary/aromatic N) is 1. The SMILES string of the molecule is C=C1c2cc(Cl)c(OCC#CCO)cc2CN1CC1(C)NC(=O)NC1=O. The molecule has 26 heavy (non-hydrogen) atoms. The highest BCUT2D eigenvalue weighted by molar-refractivity contribution is 6.32. The topological polar surface area (TPSA) is 90.9 Å². The number of nitrogens with one attached hydrogen (secondary N) is 2. The van der Waals surface area contributed by atoms with Crippen LogP contribution in [0.1, 0.15) is 18.1 Å². The van der Waals surface area contributed by atoms with E-state index in [0.717, 1.165) is 16.8 Å². The number of ether oxygens (including phenoxy) is 1. The van der Waals surface area contributed by atoms with Gasteiger partial charge >= 0.3 is 6.03 Å². The quantitative estimate of drug-likeness (QED) is 0.541. The smallest absolute Gasteiger partial charge is 0.322 e. The normalized spacial score (nSPS) is 21.0. The lowest BCUT2D eigenvalue weighted by Crippen LogP contribution is -2.51. The molecule has 2 heterocycles. The summed E-state index contributed by atoms with van der Waals surface area (Å²) >= 11 is 6.27. The van der Waals surface area contributed by atoms with Gasteiger partial charge in [0, 0.05) is 17.8 Å². The van der Waals surface area contributed by atoms with Crippen LogP contribution < -0.4 is 15.4 Å². The number of halogens is 1. The van der Waals surface area contributed by atoms with Crippen LogP contribution in [-0.2, 0) is 11.3 Å². The van der Waals surface area contributed by atoms with Crippen molar-refractivity contribution in [3.8, 4) is 17.6 Å². The average Bonchev–Trinajstić information content (AvgIpc) is 3.00. The summed E-state index contributed by atoms with van der Waals surface area (Å²) < 4.78 is 5.53. The molecule has 0 bridgehead atoms. The number of benzene rings is 1. The van der Waals surface area contributed by atoms with E-state index >= 15 is 0 Å². The van der Waals surface area contributed by atoms with Gasteiger partial charge in [-0.05, 0) is 24.6 Å². The number of rotatable bonds is 4. The first-order chi connectivity index (χ1) is 12.3. The second kappa shape index (κ2) is 6.90. The van der Waals surface area contributed by atoms with Gasteiger partial charge in [0.15, 0.2) is 0 Å². The highest BCUT2D eigenvalue weighted by Gasteiger charge is 2.44. The number of carbonyl (C=O) groups excluding carboxylic acids is 2. The number of aliphatic hydroxyl groups is 1.